The molecule has 0 amide bonds. The summed E-state index contributed by atoms with van der Waals surface area (Å²) >= 11 is 0. The summed E-state index contributed by atoms with van der Waals surface area (Å²) in [5.41, 5.74) is 7.92. The zero-order chi connectivity index (χ0) is 21.4. The molecule has 1 aliphatic carbocycles. The predicted octanol–water partition coefficient (Wildman–Crippen LogP) is 7.64. The molecule has 2 heterocycles. The second kappa shape index (κ2) is 6.08. The summed E-state index contributed by atoms with van der Waals surface area (Å²) in [7, 11) is 0. The van der Waals surface area contributed by atoms with Crippen molar-refractivity contribution in [1.82, 2.24) is 9.55 Å². The number of para-hydroxylation sites is 1. The summed E-state index contributed by atoms with van der Waals surface area (Å²) in [6.45, 7) is 4.74. The van der Waals surface area contributed by atoms with Gasteiger partial charge < -0.3 is 0 Å². The van der Waals surface area contributed by atoms with Crippen LogP contribution in [0.25, 0.3) is 49.5 Å². The van der Waals surface area contributed by atoms with E-state index in [1.165, 1.54) is 54.8 Å². The first-order valence-electron chi connectivity index (χ1n) is 11.2. The van der Waals surface area contributed by atoms with Crippen molar-refractivity contribution < 1.29 is 0 Å². The van der Waals surface area contributed by atoms with Gasteiger partial charge in [0.05, 0.1) is 11.0 Å². The molecule has 0 saturated heterocycles. The maximum Gasteiger partial charge on any atom is 0.137 e. The van der Waals surface area contributed by atoms with E-state index in [4.69, 9.17) is 4.98 Å². The average Bonchev–Trinajstić information content (AvgIpc) is 3.29. The minimum Gasteiger partial charge on any atom is -0.294 e. The number of nitrogens with zero attached hydrogens (tertiary/aromatic N) is 2. The van der Waals surface area contributed by atoms with Crippen LogP contribution in [0.1, 0.15) is 25.0 Å². The van der Waals surface area contributed by atoms with E-state index in [2.05, 4.69) is 103 Å². The third-order valence-corrected chi connectivity index (χ3v) is 7.21. The van der Waals surface area contributed by atoms with Gasteiger partial charge in [0.1, 0.15) is 5.82 Å². The molecule has 0 saturated carbocycles. The highest BCUT2D eigenvalue weighted by Gasteiger charge is 2.38. The molecule has 7 rings (SSSR count). The van der Waals surface area contributed by atoms with Gasteiger partial charge in [-0.15, -0.1) is 0 Å². The van der Waals surface area contributed by atoms with Gasteiger partial charge in [0, 0.05) is 22.4 Å². The Morgan fingerprint density at radius 1 is 0.688 bits per heavy atom. The van der Waals surface area contributed by atoms with Gasteiger partial charge in [-0.2, -0.15) is 0 Å². The van der Waals surface area contributed by atoms with Gasteiger partial charge in [-0.3, -0.25) is 4.57 Å². The number of aromatic nitrogens is 2. The molecule has 0 fully saturated rings. The molecule has 152 valence electrons. The Labute approximate surface area is 186 Å². The van der Waals surface area contributed by atoms with E-state index in [-0.39, 0.29) is 5.41 Å². The van der Waals surface area contributed by atoms with E-state index in [0.29, 0.717) is 0 Å². The maximum absolute atomic E-state index is 4.69. The van der Waals surface area contributed by atoms with Crippen molar-refractivity contribution in [2.45, 2.75) is 19.3 Å². The first kappa shape index (κ1) is 17.7. The molecule has 1 aliphatic rings. The molecule has 0 bridgehead atoms. The van der Waals surface area contributed by atoms with Crippen molar-refractivity contribution >= 4 is 32.6 Å². The molecule has 0 spiro atoms. The lowest BCUT2D eigenvalue weighted by Crippen LogP contribution is -2.15. The Kier molecular flexibility index (Phi) is 3.37. The van der Waals surface area contributed by atoms with Crippen LogP contribution < -0.4 is 0 Å². The first-order valence-corrected chi connectivity index (χ1v) is 11.2. The van der Waals surface area contributed by atoms with Crippen molar-refractivity contribution in [1.29, 1.82) is 0 Å². The quantitative estimate of drug-likeness (QED) is 0.272. The Morgan fingerprint density at radius 2 is 1.47 bits per heavy atom. The number of pyridine rings is 1. The van der Waals surface area contributed by atoms with E-state index in [0.717, 1.165) is 5.82 Å². The molecule has 2 heteroatoms. The van der Waals surface area contributed by atoms with Crippen molar-refractivity contribution in [3.05, 3.63) is 108 Å². The number of hydrogen-bond acceptors (Lipinski definition) is 1. The lowest BCUT2D eigenvalue weighted by molar-refractivity contribution is 0.666. The molecule has 0 N–H and O–H groups in total. The van der Waals surface area contributed by atoms with Crippen molar-refractivity contribution in [2.75, 3.05) is 0 Å². The van der Waals surface area contributed by atoms with Crippen molar-refractivity contribution in [3.8, 4) is 16.9 Å². The molecule has 4 aromatic carbocycles. The predicted molar refractivity (Wildman–Crippen MR) is 134 cm³/mol. The topological polar surface area (TPSA) is 17.8 Å². The Morgan fingerprint density at radius 3 is 2.31 bits per heavy atom. The van der Waals surface area contributed by atoms with E-state index in [9.17, 15) is 0 Å². The van der Waals surface area contributed by atoms with Crippen molar-refractivity contribution in [3.63, 3.8) is 0 Å². The Balaban J connectivity index is 1.70. The van der Waals surface area contributed by atoms with Crippen molar-refractivity contribution in [2.24, 2.45) is 0 Å². The van der Waals surface area contributed by atoms with Gasteiger partial charge in [0.2, 0.25) is 0 Å². The minimum absolute atomic E-state index is 0.0616. The summed E-state index contributed by atoms with van der Waals surface area (Å²) in [6.07, 6.45) is 1.87. The van der Waals surface area contributed by atoms with Crippen LogP contribution in [0.2, 0.25) is 0 Å². The summed E-state index contributed by atoms with van der Waals surface area (Å²) in [4.78, 5) is 4.69. The SMILES string of the molecule is CC1(C)c2ccc3c(c2-c2ccc4ccccc4c21)c1ccccc1n3-c1ccccn1. The van der Waals surface area contributed by atoms with Crippen LogP contribution in [0.3, 0.4) is 0 Å². The van der Waals surface area contributed by atoms with Gasteiger partial charge in [-0.25, -0.2) is 4.98 Å². The molecule has 2 nitrogen and oxygen atoms in total. The third kappa shape index (κ3) is 2.12. The average molecular weight is 411 g/mol. The van der Waals surface area contributed by atoms with E-state index in [1.807, 2.05) is 12.3 Å². The van der Waals surface area contributed by atoms with Gasteiger partial charge in [-0.05, 0) is 57.3 Å². The van der Waals surface area contributed by atoms with Gasteiger partial charge in [0.25, 0.3) is 0 Å². The first-order chi connectivity index (χ1) is 15.7. The smallest absolute Gasteiger partial charge is 0.137 e. The molecule has 0 radical (unpaired) electrons. The zero-order valence-corrected chi connectivity index (χ0v) is 18.1. The molecule has 6 aromatic rings. The number of hydrogen-bond donors (Lipinski definition) is 0. The van der Waals surface area contributed by atoms with Crippen LogP contribution in [-0.4, -0.2) is 9.55 Å². The van der Waals surface area contributed by atoms with Crippen LogP contribution in [0.15, 0.2) is 97.2 Å². The van der Waals surface area contributed by atoms with Crippen LogP contribution in [0.4, 0.5) is 0 Å². The molecule has 0 unspecified atom stereocenters. The summed E-state index contributed by atoms with van der Waals surface area (Å²) < 4.78 is 2.30. The maximum atomic E-state index is 4.69. The summed E-state index contributed by atoms with van der Waals surface area (Å²) in [5.74, 6) is 0.953. The second-order valence-corrected chi connectivity index (χ2v) is 9.26. The third-order valence-electron chi connectivity index (χ3n) is 7.21. The van der Waals surface area contributed by atoms with E-state index >= 15 is 0 Å². The molecule has 2 aromatic heterocycles. The highest BCUT2D eigenvalue weighted by Crippen LogP contribution is 2.54. The van der Waals surface area contributed by atoms with Crippen LogP contribution >= 0.6 is 0 Å². The molecule has 32 heavy (non-hydrogen) atoms. The summed E-state index contributed by atoms with van der Waals surface area (Å²) in [5, 5.41) is 5.26. The Hall–Kier alpha value is -3.91. The number of rotatable bonds is 1. The fourth-order valence-corrected chi connectivity index (χ4v) is 5.88. The normalized spacial score (nSPS) is 14.2. The van der Waals surface area contributed by atoms with Gasteiger partial charge >= 0.3 is 0 Å². The van der Waals surface area contributed by atoms with Gasteiger partial charge in [-0.1, -0.05) is 80.6 Å². The van der Waals surface area contributed by atoms with Gasteiger partial charge in [0.15, 0.2) is 0 Å². The highest BCUT2D eigenvalue weighted by atomic mass is 15.1. The van der Waals surface area contributed by atoms with Crippen LogP contribution in [0, 0.1) is 0 Å². The van der Waals surface area contributed by atoms with E-state index in [1.54, 1.807) is 0 Å². The van der Waals surface area contributed by atoms with Crippen LogP contribution in [0.5, 0.6) is 0 Å². The lowest BCUT2D eigenvalue weighted by atomic mass is 9.80. The molecule has 0 atom stereocenters. The lowest BCUT2D eigenvalue weighted by Gasteiger charge is -2.23. The number of fused-ring (bicyclic) bond motifs is 9. The zero-order valence-electron chi connectivity index (χ0n) is 18.1. The van der Waals surface area contributed by atoms with E-state index < -0.39 is 0 Å². The fraction of sp³-hybridized carbons (Fsp3) is 0.100. The van der Waals surface area contributed by atoms with Crippen LogP contribution in [-0.2, 0) is 5.41 Å². The molecule has 0 aliphatic heterocycles. The highest BCUT2D eigenvalue weighted by molar-refractivity contribution is 6.18. The largest absolute Gasteiger partial charge is 0.294 e. The fourth-order valence-electron chi connectivity index (χ4n) is 5.88. The minimum atomic E-state index is -0.0616. The Bertz CT molecular complexity index is 1690. The second-order valence-electron chi connectivity index (χ2n) is 9.26. The molecular formula is C30H22N2. The molecular weight excluding hydrogens is 388 g/mol. The monoisotopic (exact) mass is 410 g/mol. The standard InChI is InChI=1S/C30H22N2/c1-30(2)23-16-17-25-28(27(23)22-15-14-19-9-3-4-10-20(19)29(22)30)21-11-5-6-12-24(21)32(25)26-13-7-8-18-31-26/h3-18H,1-2H3. The summed E-state index contributed by atoms with van der Waals surface area (Å²) in [6, 6.07) is 32.8. The number of benzene rings is 4.